The molecule has 0 aliphatic carbocycles. The molecule has 2 aromatic rings. The van der Waals surface area contributed by atoms with Crippen LogP contribution in [-0.4, -0.2) is 9.97 Å². The molecule has 0 aliphatic heterocycles. The van der Waals surface area contributed by atoms with Crippen molar-refractivity contribution >= 4 is 0 Å². The highest BCUT2D eigenvalue weighted by atomic mass is 14.9. The van der Waals surface area contributed by atoms with Gasteiger partial charge in [-0.25, -0.2) is 4.98 Å². The Kier molecular flexibility index (Phi) is 4.61. The number of aryl methyl sites for hydroxylation is 1. The molecular formula is C13H18N2. The van der Waals surface area contributed by atoms with Gasteiger partial charge in [0.1, 0.15) is 5.82 Å². The summed E-state index contributed by atoms with van der Waals surface area (Å²) in [6, 6.07) is 10.5. The lowest BCUT2D eigenvalue weighted by molar-refractivity contribution is 0.867. The zero-order valence-electron chi connectivity index (χ0n) is 9.57. The second kappa shape index (κ2) is 6.02. The predicted octanol–water partition coefficient (Wildman–Crippen LogP) is 3.53. The first kappa shape index (κ1) is 11.5. The van der Waals surface area contributed by atoms with Crippen LogP contribution in [0, 0.1) is 6.92 Å². The van der Waals surface area contributed by atoms with Crippen LogP contribution in [0.4, 0.5) is 0 Å². The Morgan fingerprint density at radius 2 is 1.80 bits per heavy atom. The summed E-state index contributed by atoms with van der Waals surface area (Å²) in [4.78, 5) is 6.75. The van der Waals surface area contributed by atoms with Gasteiger partial charge in [-0.2, -0.15) is 0 Å². The van der Waals surface area contributed by atoms with E-state index in [1.54, 1.807) is 12.4 Å². The summed E-state index contributed by atoms with van der Waals surface area (Å²) in [5, 5.41) is 0. The molecule has 0 amide bonds. The van der Waals surface area contributed by atoms with Crippen LogP contribution in [0.1, 0.15) is 31.2 Å². The van der Waals surface area contributed by atoms with Gasteiger partial charge < -0.3 is 4.98 Å². The van der Waals surface area contributed by atoms with Gasteiger partial charge in [0, 0.05) is 12.4 Å². The molecule has 2 nitrogen and oxygen atoms in total. The molecule has 0 fully saturated rings. The van der Waals surface area contributed by atoms with Crippen LogP contribution < -0.4 is 0 Å². The summed E-state index contributed by atoms with van der Waals surface area (Å²) < 4.78 is 0. The Balaban J connectivity index is 0.000000162. The second-order valence-electron chi connectivity index (χ2n) is 3.74. The molecule has 1 N–H and O–H groups in total. The number of H-pyrrole nitrogens is 1. The quantitative estimate of drug-likeness (QED) is 0.753. The van der Waals surface area contributed by atoms with E-state index in [2.05, 4.69) is 48.1 Å². The van der Waals surface area contributed by atoms with Gasteiger partial charge in [-0.1, -0.05) is 44.2 Å². The monoisotopic (exact) mass is 202 g/mol. The van der Waals surface area contributed by atoms with E-state index in [0.29, 0.717) is 5.92 Å². The van der Waals surface area contributed by atoms with Crippen molar-refractivity contribution < 1.29 is 0 Å². The van der Waals surface area contributed by atoms with Gasteiger partial charge in [0.2, 0.25) is 0 Å². The summed E-state index contributed by atoms with van der Waals surface area (Å²) in [6.07, 6.45) is 3.53. The Morgan fingerprint density at radius 3 is 2.07 bits per heavy atom. The zero-order chi connectivity index (χ0) is 11.1. The molecule has 15 heavy (non-hydrogen) atoms. The lowest BCUT2D eigenvalue weighted by Crippen LogP contribution is -1.83. The average molecular weight is 202 g/mol. The number of hydrogen-bond donors (Lipinski definition) is 1. The van der Waals surface area contributed by atoms with E-state index in [1.165, 1.54) is 5.56 Å². The number of nitrogens with zero attached hydrogens (tertiary/aromatic N) is 1. The van der Waals surface area contributed by atoms with Gasteiger partial charge >= 0.3 is 0 Å². The minimum atomic E-state index is 0.659. The molecule has 2 heteroatoms. The van der Waals surface area contributed by atoms with Crippen molar-refractivity contribution in [2.45, 2.75) is 26.7 Å². The van der Waals surface area contributed by atoms with E-state index in [-0.39, 0.29) is 0 Å². The number of aromatic nitrogens is 2. The third-order valence-corrected chi connectivity index (χ3v) is 2.10. The van der Waals surface area contributed by atoms with Gasteiger partial charge in [-0.15, -0.1) is 0 Å². The molecule has 2 rings (SSSR count). The molecule has 0 aliphatic rings. The zero-order valence-corrected chi connectivity index (χ0v) is 9.57. The van der Waals surface area contributed by atoms with Gasteiger partial charge in [-0.3, -0.25) is 0 Å². The maximum atomic E-state index is 3.86. The largest absolute Gasteiger partial charge is 0.349 e. The fourth-order valence-electron chi connectivity index (χ4n) is 1.18. The van der Waals surface area contributed by atoms with E-state index in [4.69, 9.17) is 0 Å². The van der Waals surface area contributed by atoms with E-state index in [9.17, 15) is 0 Å². The summed E-state index contributed by atoms with van der Waals surface area (Å²) in [5.74, 6) is 1.63. The third kappa shape index (κ3) is 4.45. The molecule has 0 spiro atoms. The number of aromatic amines is 1. The van der Waals surface area contributed by atoms with Crippen LogP contribution in [0.5, 0.6) is 0 Å². The lowest BCUT2D eigenvalue weighted by atomic mass is 10.0. The van der Waals surface area contributed by atoms with E-state index >= 15 is 0 Å². The SMILES string of the molecule is CC(C)c1ccccc1.Cc1ncc[nH]1. The highest BCUT2D eigenvalue weighted by Gasteiger charge is 1.93. The van der Waals surface area contributed by atoms with E-state index < -0.39 is 0 Å². The van der Waals surface area contributed by atoms with Crippen LogP contribution >= 0.6 is 0 Å². The molecule has 0 bridgehead atoms. The predicted molar refractivity (Wildman–Crippen MR) is 63.9 cm³/mol. The first-order chi connectivity index (χ1) is 7.20. The van der Waals surface area contributed by atoms with Crippen LogP contribution in [0.15, 0.2) is 42.7 Å². The standard InChI is InChI=1S/C9H12.C4H6N2/c1-8(2)9-6-4-3-5-7-9;1-4-5-2-3-6-4/h3-8H,1-2H3;2-3H,1H3,(H,5,6). The van der Waals surface area contributed by atoms with E-state index in [1.807, 2.05) is 13.0 Å². The van der Waals surface area contributed by atoms with Crippen LogP contribution in [0.25, 0.3) is 0 Å². The minimum absolute atomic E-state index is 0.659. The fraction of sp³-hybridized carbons (Fsp3) is 0.308. The number of benzene rings is 1. The van der Waals surface area contributed by atoms with Crippen molar-refractivity contribution in [1.29, 1.82) is 0 Å². The van der Waals surface area contributed by atoms with Gasteiger partial charge in [0.25, 0.3) is 0 Å². The molecule has 1 heterocycles. The Morgan fingerprint density at radius 1 is 1.13 bits per heavy atom. The number of imidazole rings is 1. The number of nitrogens with one attached hydrogen (secondary N) is 1. The average Bonchev–Trinajstić information content (AvgIpc) is 2.71. The van der Waals surface area contributed by atoms with Gasteiger partial charge in [-0.05, 0) is 18.4 Å². The molecule has 1 aromatic heterocycles. The normalized spacial score (nSPS) is 9.60. The minimum Gasteiger partial charge on any atom is -0.349 e. The molecule has 0 unspecified atom stereocenters. The fourth-order valence-corrected chi connectivity index (χ4v) is 1.18. The van der Waals surface area contributed by atoms with Crippen LogP contribution in [0.3, 0.4) is 0 Å². The van der Waals surface area contributed by atoms with Crippen molar-refractivity contribution in [3.8, 4) is 0 Å². The van der Waals surface area contributed by atoms with Gasteiger partial charge in [0.15, 0.2) is 0 Å². The summed E-state index contributed by atoms with van der Waals surface area (Å²) in [6.45, 7) is 6.32. The molecule has 0 saturated heterocycles. The Bertz CT molecular complexity index is 349. The number of hydrogen-bond acceptors (Lipinski definition) is 1. The highest BCUT2D eigenvalue weighted by molar-refractivity contribution is 5.17. The number of rotatable bonds is 1. The molecule has 0 radical (unpaired) electrons. The van der Waals surface area contributed by atoms with E-state index in [0.717, 1.165) is 5.82 Å². The van der Waals surface area contributed by atoms with Crippen LogP contribution in [-0.2, 0) is 0 Å². The summed E-state index contributed by atoms with van der Waals surface area (Å²) >= 11 is 0. The van der Waals surface area contributed by atoms with Crippen molar-refractivity contribution in [1.82, 2.24) is 9.97 Å². The summed E-state index contributed by atoms with van der Waals surface area (Å²) in [5.41, 5.74) is 1.41. The van der Waals surface area contributed by atoms with Crippen molar-refractivity contribution in [2.75, 3.05) is 0 Å². The van der Waals surface area contributed by atoms with Gasteiger partial charge in [0.05, 0.1) is 0 Å². The molecule has 1 aromatic carbocycles. The first-order valence-corrected chi connectivity index (χ1v) is 5.21. The maximum Gasteiger partial charge on any atom is 0.102 e. The van der Waals surface area contributed by atoms with Crippen molar-refractivity contribution in [3.05, 3.63) is 54.1 Å². The highest BCUT2D eigenvalue weighted by Crippen LogP contribution is 2.11. The third-order valence-electron chi connectivity index (χ3n) is 2.10. The Hall–Kier alpha value is -1.57. The molecular weight excluding hydrogens is 184 g/mol. The lowest BCUT2D eigenvalue weighted by Gasteiger charge is -2.01. The summed E-state index contributed by atoms with van der Waals surface area (Å²) in [7, 11) is 0. The molecule has 0 saturated carbocycles. The van der Waals surface area contributed by atoms with Crippen molar-refractivity contribution in [3.63, 3.8) is 0 Å². The van der Waals surface area contributed by atoms with Crippen molar-refractivity contribution in [2.24, 2.45) is 0 Å². The molecule has 0 atom stereocenters. The second-order valence-corrected chi connectivity index (χ2v) is 3.74. The van der Waals surface area contributed by atoms with Crippen LogP contribution in [0.2, 0.25) is 0 Å². The molecule has 80 valence electrons. The first-order valence-electron chi connectivity index (χ1n) is 5.21. The topological polar surface area (TPSA) is 28.7 Å². The smallest absolute Gasteiger partial charge is 0.102 e. The maximum absolute atomic E-state index is 3.86. The Labute approximate surface area is 91.4 Å².